The van der Waals surface area contributed by atoms with Gasteiger partial charge in [0.15, 0.2) is 16.7 Å². The molecular formula is C16H13ClN4O. The van der Waals surface area contributed by atoms with Gasteiger partial charge < -0.3 is 4.74 Å². The summed E-state index contributed by atoms with van der Waals surface area (Å²) in [5, 5.41) is 0.296. The zero-order valence-corrected chi connectivity index (χ0v) is 12.7. The number of ether oxygens (including phenoxy) is 1. The summed E-state index contributed by atoms with van der Waals surface area (Å²) < 4.78 is 5.75. The van der Waals surface area contributed by atoms with Crippen molar-refractivity contribution in [2.45, 2.75) is 13.3 Å². The molecule has 0 radical (unpaired) electrons. The number of nitrogens with zero attached hydrogens (tertiary/aromatic N) is 4. The Morgan fingerprint density at radius 2 is 1.91 bits per heavy atom. The molecule has 3 aromatic rings. The van der Waals surface area contributed by atoms with Gasteiger partial charge in [0, 0.05) is 35.9 Å². The average molecular weight is 313 g/mol. The van der Waals surface area contributed by atoms with Crippen molar-refractivity contribution in [2.24, 2.45) is 0 Å². The Labute approximate surface area is 133 Å². The van der Waals surface area contributed by atoms with Crippen LogP contribution in [0.15, 0.2) is 48.9 Å². The molecular weight excluding hydrogens is 300 g/mol. The lowest BCUT2D eigenvalue weighted by atomic mass is 10.2. The van der Waals surface area contributed by atoms with Crippen LogP contribution in [0.3, 0.4) is 0 Å². The molecule has 3 rings (SSSR count). The van der Waals surface area contributed by atoms with Gasteiger partial charge in [0.1, 0.15) is 0 Å². The van der Waals surface area contributed by atoms with Crippen molar-refractivity contribution in [3.8, 4) is 23.0 Å². The molecule has 0 bridgehead atoms. The Kier molecular flexibility index (Phi) is 4.25. The third-order valence-electron chi connectivity index (χ3n) is 3.00. The van der Waals surface area contributed by atoms with Gasteiger partial charge in [-0.25, -0.2) is 9.97 Å². The summed E-state index contributed by atoms with van der Waals surface area (Å²) in [6.07, 6.45) is 5.79. The van der Waals surface area contributed by atoms with E-state index in [2.05, 4.69) is 19.9 Å². The fourth-order valence-corrected chi connectivity index (χ4v) is 2.05. The van der Waals surface area contributed by atoms with E-state index < -0.39 is 0 Å². The topological polar surface area (TPSA) is 60.8 Å². The van der Waals surface area contributed by atoms with Crippen LogP contribution in [-0.2, 0) is 6.42 Å². The molecule has 0 saturated carbocycles. The molecule has 6 heteroatoms. The first kappa shape index (κ1) is 14.4. The third-order valence-corrected chi connectivity index (χ3v) is 3.28. The van der Waals surface area contributed by atoms with Gasteiger partial charge in [0.05, 0.1) is 0 Å². The molecule has 0 saturated heterocycles. The van der Waals surface area contributed by atoms with Gasteiger partial charge in [-0.15, -0.1) is 0 Å². The highest BCUT2D eigenvalue weighted by Crippen LogP contribution is 2.27. The van der Waals surface area contributed by atoms with Crippen molar-refractivity contribution >= 4 is 11.6 Å². The van der Waals surface area contributed by atoms with Crippen LogP contribution in [0.1, 0.15) is 12.6 Å². The Morgan fingerprint density at radius 3 is 2.64 bits per heavy atom. The highest BCUT2D eigenvalue weighted by atomic mass is 35.5. The molecule has 0 aliphatic carbocycles. The van der Waals surface area contributed by atoms with Crippen molar-refractivity contribution in [1.29, 1.82) is 0 Å². The fraction of sp³-hybridized carbons (Fsp3) is 0.125. The van der Waals surface area contributed by atoms with E-state index in [9.17, 15) is 0 Å². The summed E-state index contributed by atoms with van der Waals surface area (Å²) in [5.74, 6) is 1.50. The molecule has 0 aliphatic heterocycles. The lowest BCUT2D eigenvalue weighted by Crippen LogP contribution is -1.98. The SMILES string of the molecule is CCc1cc(Oc2cccnc2Cl)nc(-c2ccncc2)n1. The average Bonchev–Trinajstić information content (AvgIpc) is 2.57. The van der Waals surface area contributed by atoms with E-state index >= 15 is 0 Å². The van der Waals surface area contributed by atoms with Crippen LogP contribution in [0.4, 0.5) is 0 Å². The van der Waals surface area contributed by atoms with Crippen LogP contribution in [-0.4, -0.2) is 19.9 Å². The first-order valence-corrected chi connectivity index (χ1v) is 7.21. The Bertz CT molecular complexity index is 780. The first-order valence-electron chi connectivity index (χ1n) is 6.83. The van der Waals surface area contributed by atoms with Crippen molar-refractivity contribution in [3.63, 3.8) is 0 Å². The summed E-state index contributed by atoms with van der Waals surface area (Å²) in [5.41, 5.74) is 1.77. The number of aryl methyl sites for hydroxylation is 1. The minimum absolute atomic E-state index is 0.296. The largest absolute Gasteiger partial charge is 0.436 e. The second-order valence-corrected chi connectivity index (χ2v) is 4.86. The summed E-state index contributed by atoms with van der Waals surface area (Å²) in [7, 11) is 0. The highest BCUT2D eigenvalue weighted by molar-refractivity contribution is 6.30. The highest BCUT2D eigenvalue weighted by Gasteiger charge is 2.10. The predicted octanol–water partition coefficient (Wildman–Crippen LogP) is 3.94. The molecule has 0 fully saturated rings. The van der Waals surface area contributed by atoms with E-state index in [1.807, 2.05) is 19.1 Å². The summed E-state index contributed by atoms with van der Waals surface area (Å²) >= 11 is 6.02. The second-order valence-electron chi connectivity index (χ2n) is 4.50. The minimum atomic E-state index is 0.296. The molecule has 3 aromatic heterocycles. The molecule has 0 amide bonds. The van der Waals surface area contributed by atoms with E-state index in [0.717, 1.165) is 17.7 Å². The minimum Gasteiger partial charge on any atom is -0.436 e. The Morgan fingerprint density at radius 1 is 1.09 bits per heavy atom. The van der Waals surface area contributed by atoms with Crippen LogP contribution >= 0.6 is 11.6 Å². The first-order chi connectivity index (χ1) is 10.8. The van der Waals surface area contributed by atoms with Crippen molar-refractivity contribution in [1.82, 2.24) is 19.9 Å². The molecule has 110 valence electrons. The van der Waals surface area contributed by atoms with Crippen molar-refractivity contribution < 1.29 is 4.74 Å². The molecule has 0 aliphatic rings. The van der Waals surface area contributed by atoms with Gasteiger partial charge in [-0.2, -0.15) is 4.98 Å². The monoisotopic (exact) mass is 312 g/mol. The van der Waals surface area contributed by atoms with E-state index in [1.165, 1.54) is 0 Å². The van der Waals surface area contributed by atoms with Gasteiger partial charge in [0.2, 0.25) is 5.88 Å². The number of rotatable bonds is 4. The van der Waals surface area contributed by atoms with E-state index in [4.69, 9.17) is 16.3 Å². The standard InChI is InChI=1S/C16H13ClN4O/c1-2-12-10-14(22-13-4-3-7-19-15(13)17)21-16(20-12)11-5-8-18-9-6-11/h3-10H,2H2,1H3. The fourth-order valence-electron chi connectivity index (χ4n) is 1.90. The van der Waals surface area contributed by atoms with Gasteiger partial charge in [0.25, 0.3) is 0 Å². The number of pyridine rings is 2. The van der Waals surface area contributed by atoms with Gasteiger partial charge >= 0.3 is 0 Å². The van der Waals surface area contributed by atoms with Crippen LogP contribution in [0.5, 0.6) is 11.6 Å². The maximum Gasteiger partial charge on any atom is 0.223 e. The number of halogens is 1. The summed E-state index contributed by atoms with van der Waals surface area (Å²) in [6.45, 7) is 2.03. The predicted molar refractivity (Wildman–Crippen MR) is 84.0 cm³/mol. The molecule has 3 heterocycles. The quantitative estimate of drug-likeness (QED) is 0.683. The maximum absolute atomic E-state index is 6.02. The van der Waals surface area contributed by atoms with Crippen LogP contribution in [0, 0.1) is 0 Å². The van der Waals surface area contributed by atoms with Gasteiger partial charge in [-0.3, -0.25) is 4.98 Å². The molecule has 0 N–H and O–H groups in total. The number of hydrogen-bond donors (Lipinski definition) is 0. The van der Waals surface area contributed by atoms with Gasteiger partial charge in [-0.1, -0.05) is 18.5 Å². The van der Waals surface area contributed by atoms with Crippen molar-refractivity contribution in [2.75, 3.05) is 0 Å². The Balaban J connectivity index is 2.00. The molecule has 5 nitrogen and oxygen atoms in total. The molecule has 0 atom stereocenters. The lowest BCUT2D eigenvalue weighted by Gasteiger charge is -2.09. The zero-order valence-electron chi connectivity index (χ0n) is 11.9. The third kappa shape index (κ3) is 3.20. The zero-order chi connectivity index (χ0) is 15.4. The molecule has 22 heavy (non-hydrogen) atoms. The molecule has 0 spiro atoms. The van der Waals surface area contributed by atoms with Crippen LogP contribution in [0.25, 0.3) is 11.4 Å². The lowest BCUT2D eigenvalue weighted by molar-refractivity contribution is 0.459. The summed E-state index contributed by atoms with van der Waals surface area (Å²) in [6, 6.07) is 9.02. The van der Waals surface area contributed by atoms with Crippen LogP contribution in [0.2, 0.25) is 5.15 Å². The van der Waals surface area contributed by atoms with E-state index in [1.54, 1.807) is 36.8 Å². The van der Waals surface area contributed by atoms with Crippen LogP contribution < -0.4 is 4.74 Å². The smallest absolute Gasteiger partial charge is 0.223 e. The maximum atomic E-state index is 6.02. The molecule has 0 unspecified atom stereocenters. The number of aromatic nitrogens is 4. The van der Waals surface area contributed by atoms with E-state index in [0.29, 0.717) is 22.6 Å². The Hall–Kier alpha value is -2.53. The van der Waals surface area contributed by atoms with Crippen molar-refractivity contribution in [3.05, 3.63) is 59.8 Å². The van der Waals surface area contributed by atoms with E-state index in [-0.39, 0.29) is 0 Å². The number of hydrogen-bond acceptors (Lipinski definition) is 5. The second kappa shape index (κ2) is 6.49. The molecule has 0 aromatic carbocycles. The summed E-state index contributed by atoms with van der Waals surface area (Å²) in [4.78, 5) is 16.9. The van der Waals surface area contributed by atoms with Gasteiger partial charge in [-0.05, 0) is 30.7 Å². The normalized spacial score (nSPS) is 10.5.